The smallest absolute Gasteiger partial charge is 0.379 e. The van der Waals surface area contributed by atoms with E-state index in [-0.39, 0.29) is 30.0 Å². The second-order valence-electron chi connectivity index (χ2n) is 10.3. The van der Waals surface area contributed by atoms with Gasteiger partial charge in [-0.25, -0.2) is 0 Å². The summed E-state index contributed by atoms with van der Waals surface area (Å²) in [5.74, 6) is 0.338. The zero-order valence-electron chi connectivity index (χ0n) is 20.7. The highest BCUT2D eigenvalue weighted by Crippen LogP contribution is 2.46. The summed E-state index contributed by atoms with van der Waals surface area (Å²) in [5, 5.41) is 3.74. The van der Waals surface area contributed by atoms with Crippen molar-refractivity contribution in [3.05, 3.63) is 35.7 Å². The van der Waals surface area contributed by atoms with Crippen molar-refractivity contribution in [1.82, 2.24) is 15.2 Å². The van der Waals surface area contributed by atoms with Crippen molar-refractivity contribution in [2.75, 3.05) is 33.4 Å². The van der Waals surface area contributed by atoms with Crippen molar-refractivity contribution in [2.45, 2.75) is 70.3 Å². The Labute approximate surface area is 205 Å². The van der Waals surface area contributed by atoms with E-state index in [4.69, 9.17) is 9.47 Å². The standard InChI is InChI=1S/C26H36F3N3O3/c1-17(2)25(9-4-20(15-25)31-21-8-13-35-16-23(21)34-3)24(33)32-11-6-18(7-12-32)22-14-19(5-10-30-22)26(27,28)29/h5-6,10,14,17,20-21,23,31H,4,7-9,11-13,15-16H2,1-3H3/t20-,21?,23-,25?/m1/s1. The third-order valence-corrected chi connectivity index (χ3v) is 8.05. The minimum atomic E-state index is -4.40. The molecule has 1 saturated heterocycles. The molecule has 194 valence electrons. The normalized spacial score (nSPS) is 30.0. The van der Waals surface area contributed by atoms with E-state index in [0.29, 0.717) is 38.4 Å². The van der Waals surface area contributed by atoms with E-state index < -0.39 is 17.2 Å². The highest BCUT2D eigenvalue weighted by Gasteiger charge is 2.50. The molecule has 3 aliphatic rings. The van der Waals surface area contributed by atoms with Crippen LogP contribution < -0.4 is 5.32 Å². The number of methoxy groups -OCH3 is 1. The van der Waals surface area contributed by atoms with Crippen LogP contribution in [0.25, 0.3) is 5.57 Å². The van der Waals surface area contributed by atoms with E-state index in [1.807, 2.05) is 11.0 Å². The largest absolute Gasteiger partial charge is 0.416 e. The first-order valence-corrected chi connectivity index (χ1v) is 12.5. The quantitative estimate of drug-likeness (QED) is 0.638. The Morgan fingerprint density at radius 2 is 2.14 bits per heavy atom. The molecule has 4 atom stereocenters. The third kappa shape index (κ3) is 5.57. The van der Waals surface area contributed by atoms with E-state index in [1.54, 1.807) is 7.11 Å². The van der Waals surface area contributed by atoms with Crippen LogP contribution >= 0.6 is 0 Å². The van der Waals surface area contributed by atoms with Crippen molar-refractivity contribution in [1.29, 1.82) is 0 Å². The number of hydrogen-bond donors (Lipinski definition) is 1. The molecule has 0 spiro atoms. The molecule has 6 nitrogen and oxygen atoms in total. The van der Waals surface area contributed by atoms with Crippen LogP contribution in [0.3, 0.4) is 0 Å². The van der Waals surface area contributed by atoms with Crippen LogP contribution in [0.15, 0.2) is 24.4 Å². The molecule has 35 heavy (non-hydrogen) atoms. The summed E-state index contributed by atoms with van der Waals surface area (Å²) in [5.41, 5.74) is -0.0504. The summed E-state index contributed by atoms with van der Waals surface area (Å²) in [6.07, 6.45) is 2.58. The second kappa shape index (κ2) is 10.6. The molecule has 1 amide bonds. The van der Waals surface area contributed by atoms with Crippen LogP contribution in [0.1, 0.15) is 57.2 Å². The van der Waals surface area contributed by atoms with Gasteiger partial charge in [0.25, 0.3) is 0 Å². The number of nitrogens with zero attached hydrogens (tertiary/aromatic N) is 2. The maximum Gasteiger partial charge on any atom is 0.416 e. The maximum absolute atomic E-state index is 13.8. The number of nitrogens with one attached hydrogen (secondary N) is 1. The van der Waals surface area contributed by atoms with E-state index in [2.05, 4.69) is 24.1 Å². The number of carbonyl (C=O) groups excluding carboxylic acids is 1. The SMILES string of the molecule is CO[C@@H]1COCCC1N[C@@H]1CCC(C(=O)N2CC=C(c3cc(C(F)(F)F)ccn3)CC2)(C(C)C)C1. The molecule has 1 aromatic rings. The lowest BCUT2D eigenvalue weighted by molar-refractivity contribution is -0.144. The first-order chi connectivity index (χ1) is 16.6. The van der Waals surface area contributed by atoms with Crippen molar-refractivity contribution in [2.24, 2.45) is 11.3 Å². The Kier molecular flexibility index (Phi) is 7.88. The Bertz CT molecular complexity index is 936. The van der Waals surface area contributed by atoms with Crippen molar-refractivity contribution >= 4 is 11.5 Å². The zero-order chi connectivity index (χ0) is 25.2. The van der Waals surface area contributed by atoms with Gasteiger partial charge >= 0.3 is 6.18 Å². The lowest BCUT2D eigenvalue weighted by Crippen LogP contribution is -2.52. The third-order valence-electron chi connectivity index (χ3n) is 8.05. The lowest BCUT2D eigenvalue weighted by Gasteiger charge is -2.39. The van der Waals surface area contributed by atoms with Crippen molar-refractivity contribution in [3.63, 3.8) is 0 Å². The fourth-order valence-corrected chi connectivity index (χ4v) is 5.80. The van der Waals surface area contributed by atoms with Crippen molar-refractivity contribution < 1.29 is 27.4 Å². The maximum atomic E-state index is 13.8. The van der Waals surface area contributed by atoms with Gasteiger partial charge in [0.2, 0.25) is 5.91 Å². The van der Waals surface area contributed by atoms with Crippen molar-refractivity contribution in [3.8, 4) is 0 Å². The highest BCUT2D eigenvalue weighted by molar-refractivity contribution is 5.84. The summed E-state index contributed by atoms with van der Waals surface area (Å²) in [6.45, 7) is 6.40. The number of alkyl halides is 3. The Balaban J connectivity index is 1.43. The first kappa shape index (κ1) is 26.1. The second-order valence-corrected chi connectivity index (χ2v) is 10.3. The Hall–Kier alpha value is -1.97. The van der Waals surface area contributed by atoms with Crippen LogP contribution in [0.2, 0.25) is 0 Å². The summed E-state index contributed by atoms with van der Waals surface area (Å²) < 4.78 is 50.4. The molecule has 1 N–H and O–H groups in total. The molecule has 1 aliphatic carbocycles. The van der Waals surface area contributed by atoms with Gasteiger partial charge in [0.1, 0.15) is 0 Å². The van der Waals surface area contributed by atoms with Crippen LogP contribution in [-0.2, 0) is 20.4 Å². The van der Waals surface area contributed by atoms with E-state index in [1.165, 1.54) is 6.20 Å². The summed E-state index contributed by atoms with van der Waals surface area (Å²) in [4.78, 5) is 19.8. The van der Waals surface area contributed by atoms with Gasteiger partial charge in [0, 0.05) is 45.1 Å². The molecule has 2 aliphatic heterocycles. The van der Waals surface area contributed by atoms with Crippen LogP contribution in [0, 0.1) is 11.3 Å². The molecule has 0 bridgehead atoms. The number of halogens is 3. The average Bonchev–Trinajstić information content (AvgIpc) is 3.29. The number of hydrogen-bond acceptors (Lipinski definition) is 5. The number of amides is 1. The van der Waals surface area contributed by atoms with Gasteiger partial charge < -0.3 is 19.7 Å². The zero-order valence-corrected chi connectivity index (χ0v) is 20.7. The van der Waals surface area contributed by atoms with E-state index in [9.17, 15) is 18.0 Å². The molecule has 2 unspecified atom stereocenters. The van der Waals surface area contributed by atoms with Gasteiger partial charge in [-0.1, -0.05) is 19.9 Å². The summed E-state index contributed by atoms with van der Waals surface area (Å²) in [7, 11) is 1.71. The molecule has 1 aromatic heterocycles. The number of rotatable bonds is 6. The lowest BCUT2D eigenvalue weighted by atomic mass is 9.74. The topological polar surface area (TPSA) is 63.7 Å². The number of pyridine rings is 1. The molecule has 0 aromatic carbocycles. The molecule has 9 heteroatoms. The molecular weight excluding hydrogens is 459 g/mol. The summed E-state index contributed by atoms with van der Waals surface area (Å²) in [6, 6.07) is 2.54. The minimum Gasteiger partial charge on any atom is -0.379 e. The predicted molar refractivity (Wildman–Crippen MR) is 126 cm³/mol. The fraction of sp³-hybridized carbons (Fsp3) is 0.692. The number of ether oxygens (including phenoxy) is 2. The molecule has 3 heterocycles. The predicted octanol–water partition coefficient (Wildman–Crippen LogP) is 4.30. The molecule has 4 rings (SSSR count). The molecule has 0 radical (unpaired) electrons. The summed E-state index contributed by atoms with van der Waals surface area (Å²) >= 11 is 0. The van der Waals surface area contributed by atoms with Crippen LogP contribution in [0.4, 0.5) is 13.2 Å². The van der Waals surface area contributed by atoms with E-state index >= 15 is 0 Å². The van der Waals surface area contributed by atoms with Gasteiger partial charge in [-0.15, -0.1) is 0 Å². The monoisotopic (exact) mass is 495 g/mol. The molecule has 2 fully saturated rings. The fourth-order valence-electron chi connectivity index (χ4n) is 5.80. The Morgan fingerprint density at radius 1 is 1.34 bits per heavy atom. The van der Waals surface area contributed by atoms with Gasteiger partial charge in [-0.05, 0) is 55.7 Å². The molecule has 1 saturated carbocycles. The Morgan fingerprint density at radius 3 is 2.80 bits per heavy atom. The van der Waals surface area contributed by atoms with Gasteiger partial charge in [-0.3, -0.25) is 9.78 Å². The van der Waals surface area contributed by atoms with Gasteiger partial charge in [0.15, 0.2) is 0 Å². The van der Waals surface area contributed by atoms with Gasteiger partial charge in [-0.2, -0.15) is 13.2 Å². The highest BCUT2D eigenvalue weighted by atomic mass is 19.4. The first-order valence-electron chi connectivity index (χ1n) is 12.5. The molecular formula is C26H36F3N3O3. The van der Waals surface area contributed by atoms with Crippen LogP contribution in [0.5, 0.6) is 0 Å². The minimum absolute atomic E-state index is 0.0172. The number of carbonyl (C=O) groups is 1. The van der Waals surface area contributed by atoms with E-state index in [0.717, 1.165) is 43.4 Å². The number of aromatic nitrogens is 1. The average molecular weight is 496 g/mol. The van der Waals surface area contributed by atoms with Gasteiger partial charge in [0.05, 0.1) is 29.4 Å². The van der Waals surface area contributed by atoms with Crippen LogP contribution in [-0.4, -0.2) is 67.4 Å².